The average molecular weight is 333 g/mol. The Hall–Kier alpha value is -1.84. The smallest absolute Gasteiger partial charge is 0.228 e. The van der Waals surface area contributed by atoms with Gasteiger partial charge in [0, 0.05) is 12.2 Å². The van der Waals surface area contributed by atoms with Crippen LogP contribution in [0.25, 0.3) is 0 Å². The Bertz CT molecular complexity index is 611. The highest BCUT2D eigenvalue weighted by Gasteiger charge is 2.07. The zero-order valence-corrected chi connectivity index (χ0v) is 14.6. The average Bonchev–Trinajstić information content (AvgIpc) is 2.54. The lowest BCUT2D eigenvalue weighted by atomic mass is 10.1. The topological polar surface area (TPSA) is 41.1 Å². The number of para-hydroxylation sites is 1. The molecule has 23 heavy (non-hydrogen) atoms. The first-order valence-corrected chi connectivity index (χ1v) is 7.89. The molecule has 0 radical (unpaired) electrons. The van der Waals surface area contributed by atoms with E-state index in [1.54, 1.807) is 0 Å². The van der Waals surface area contributed by atoms with E-state index in [2.05, 4.69) is 36.6 Å². The van der Waals surface area contributed by atoms with Crippen LogP contribution in [0, 0.1) is 0 Å². The molecule has 0 bridgehead atoms. The fraction of sp³-hybridized carbons (Fsp3) is 0.316. The number of amides is 1. The SMILES string of the molecule is CCNCc1ccccc1NC(=O)Cc1ccc(CC)cc1.Cl. The highest BCUT2D eigenvalue weighted by Crippen LogP contribution is 2.15. The third-order valence-electron chi connectivity index (χ3n) is 3.65. The number of carbonyl (C=O) groups is 1. The normalized spacial score (nSPS) is 10.0. The Kier molecular flexibility index (Phi) is 8.38. The molecule has 0 saturated carbocycles. The van der Waals surface area contributed by atoms with Crippen LogP contribution >= 0.6 is 12.4 Å². The quantitative estimate of drug-likeness (QED) is 0.805. The maximum absolute atomic E-state index is 12.2. The van der Waals surface area contributed by atoms with E-state index in [0.717, 1.165) is 36.3 Å². The second-order valence-corrected chi connectivity index (χ2v) is 5.33. The second-order valence-electron chi connectivity index (χ2n) is 5.33. The van der Waals surface area contributed by atoms with E-state index in [-0.39, 0.29) is 18.3 Å². The summed E-state index contributed by atoms with van der Waals surface area (Å²) in [5.41, 5.74) is 4.33. The van der Waals surface area contributed by atoms with Gasteiger partial charge in [-0.15, -0.1) is 12.4 Å². The standard InChI is InChI=1S/C19H24N2O.ClH/c1-3-15-9-11-16(12-10-15)13-19(22)21-18-8-6-5-7-17(18)14-20-4-2;/h5-12,20H,3-4,13-14H2,1-2H3,(H,21,22);1H. The Balaban J connectivity index is 0.00000264. The van der Waals surface area contributed by atoms with Crippen LogP contribution in [0.3, 0.4) is 0 Å². The van der Waals surface area contributed by atoms with Crippen LogP contribution in [0.1, 0.15) is 30.5 Å². The molecular formula is C19H25ClN2O. The van der Waals surface area contributed by atoms with Crippen LogP contribution in [-0.2, 0) is 24.2 Å². The first-order chi connectivity index (χ1) is 10.7. The van der Waals surface area contributed by atoms with Crippen molar-refractivity contribution in [3.05, 3.63) is 65.2 Å². The summed E-state index contributed by atoms with van der Waals surface area (Å²) in [4.78, 5) is 12.2. The first kappa shape index (κ1) is 19.2. The van der Waals surface area contributed by atoms with Gasteiger partial charge >= 0.3 is 0 Å². The summed E-state index contributed by atoms with van der Waals surface area (Å²) in [7, 11) is 0. The molecule has 3 nitrogen and oxygen atoms in total. The largest absolute Gasteiger partial charge is 0.325 e. The fourth-order valence-corrected chi connectivity index (χ4v) is 2.33. The minimum Gasteiger partial charge on any atom is -0.325 e. The zero-order valence-electron chi connectivity index (χ0n) is 13.8. The summed E-state index contributed by atoms with van der Waals surface area (Å²) < 4.78 is 0. The first-order valence-electron chi connectivity index (χ1n) is 7.89. The zero-order chi connectivity index (χ0) is 15.8. The molecule has 2 N–H and O–H groups in total. The number of nitrogens with one attached hydrogen (secondary N) is 2. The van der Waals surface area contributed by atoms with Crippen molar-refractivity contribution in [1.82, 2.24) is 5.32 Å². The van der Waals surface area contributed by atoms with Gasteiger partial charge in [-0.05, 0) is 35.7 Å². The summed E-state index contributed by atoms with van der Waals surface area (Å²) in [5, 5.41) is 6.31. The Morgan fingerprint density at radius 3 is 2.26 bits per heavy atom. The van der Waals surface area contributed by atoms with Crippen molar-refractivity contribution in [1.29, 1.82) is 0 Å². The summed E-state index contributed by atoms with van der Waals surface area (Å²) in [6, 6.07) is 16.2. The molecule has 0 spiro atoms. The van der Waals surface area contributed by atoms with Crippen molar-refractivity contribution < 1.29 is 4.79 Å². The third-order valence-corrected chi connectivity index (χ3v) is 3.65. The molecule has 2 aromatic rings. The lowest BCUT2D eigenvalue weighted by Crippen LogP contribution is -2.18. The Labute approximate surface area is 144 Å². The van der Waals surface area contributed by atoms with Crippen LogP contribution in [-0.4, -0.2) is 12.5 Å². The van der Waals surface area contributed by atoms with Gasteiger partial charge in [0.25, 0.3) is 0 Å². The van der Waals surface area contributed by atoms with Gasteiger partial charge < -0.3 is 10.6 Å². The van der Waals surface area contributed by atoms with Crippen molar-refractivity contribution in [3.8, 4) is 0 Å². The number of benzene rings is 2. The summed E-state index contributed by atoms with van der Waals surface area (Å²) in [6.45, 7) is 5.87. The maximum Gasteiger partial charge on any atom is 0.228 e. The summed E-state index contributed by atoms with van der Waals surface area (Å²) in [5.74, 6) is 0.0215. The lowest BCUT2D eigenvalue weighted by Gasteiger charge is -2.11. The van der Waals surface area contributed by atoms with Crippen LogP contribution in [0.2, 0.25) is 0 Å². The monoisotopic (exact) mass is 332 g/mol. The minimum atomic E-state index is 0. The molecule has 2 aromatic carbocycles. The number of carbonyl (C=O) groups excluding carboxylic acids is 1. The molecular weight excluding hydrogens is 308 g/mol. The van der Waals surface area contributed by atoms with E-state index >= 15 is 0 Å². The van der Waals surface area contributed by atoms with E-state index in [9.17, 15) is 4.79 Å². The predicted molar refractivity (Wildman–Crippen MR) is 99.2 cm³/mol. The summed E-state index contributed by atoms with van der Waals surface area (Å²) in [6.07, 6.45) is 1.42. The van der Waals surface area contributed by atoms with Crippen LogP contribution in [0.5, 0.6) is 0 Å². The van der Waals surface area contributed by atoms with Crippen molar-refractivity contribution in [3.63, 3.8) is 0 Å². The number of aryl methyl sites for hydroxylation is 1. The fourth-order valence-electron chi connectivity index (χ4n) is 2.33. The molecule has 1 amide bonds. The molecule has 0 saturated heterocycles. The molecule has 2 rings (SSSR count). The molecule has 0 aromatic heterocycles. The minimum absolute atomic E-state index is 0. The third kappa shape index (κ3) is 6.05. The molecule has 0 aliphatic heterocycles. The molecule has 0 heterocycles. The van der Waals surface area contributed by atoms with Gasteiger partial charge in [0.2, 0.25) is 5.91 Å². The van der Waals surface area contributed by atoms with Crippen molar-refractivity contribution in [2.24, 2.45) is 0 Å². The molecule has 0 fully saturated rings. The van der Waals surface area contributed by atoms with Crippen molar-refractivity contribution in [2.45, 2.75) is 33.2 Å². The van der Waals surface area contributed by atoms with Gasteiger partial charge in [-0.3, -0.25) is 4.79 Å². The number of rotatable bonds is 7. The van der Waals surface area contributed by atoms with Gasteiger partial charge in [0.05, 0.1) is 6.42 Å². The number of anilines is 1. The van der Waals surface area contributed by atoms with Gasteiger partial charge in [-0.25, -0.2) is 0 Å². The van der Waals surface area contributed by atoms with Gasteiger partial charge in [0.1, 0.15) is 0 Å². The van der Waals surface area contributed by atoms with Crippen LogP contribution in [0.15, 0.2) is 48.5 Å². The Morgan fingerprint density at radius 2 is 1.61 bits per heavy atom. The van der Waals surface area contributed by atoms with E-state index in [1.165, 1.54) is 5.56 Å². The van der Waals surface area contributed by atoms with Crippen LogP contribution < -0.4 is 10.6 Å². The molecule has 0 unspecified atom stereocenters. The maximum atomic E-state index is 12.2. The predicted octanol–water partition coefficient (Wildman–Crippen LogP) is 3.96. The lowest BCUT2D eigenvalue weighted by molar-refractivity contribution is -0.115. The van der Waals surface area contributed by atoms with Crippen molar-refractivity contribution >= 4 is 24.0 Å². The highest BCUT2D eigenvalue weighted by atomic mass is 35.5. The summed E-state index contributed by atoms with van der Waals surface area (Å²) >= 11 is 0. The molecule has 0 atom stereocenters. The van der Waals surface area contributed by atoms with Crippen molar-refractivity contribution in [2.75, 3.05) is 11.9 Å². The second kappa shape index (κ2) is 10.0. The van der Waals surface area contributed by atoms with E-state index in [4.69, 9.17) is 0 Å². The number of hydrogen-bond donors (Lipinski definition) is 2. The number of halogens is 1. The molecule has 4 heteroatoms. The molecule has 0 aliphatic carbocycles. The molecule has 0 aliphatic rings. The Morgan fingerprint density at radius 1 is 0.957 bits per heavy atom. The highest BCUT2D eigenvalue weighted by molar-refractivity contribution is 5.93. The van der Waals surface area contributed by atoms with Gasteiger partial charge in [0.15, 0.2) is 0 Å². The molecule has 124 valence electrons. The van der Waals surface area contributed by atoms with E-state index in [0.29, 0.717) is 6.42 Å². The van der Waals surface area contributed by atoms with Crippen LogP contribution in [0.4, 0.5) is 5.69 Å². The number of hydrogen-bond acceptors (Lipinski definition) is 2. The van der Waals surface area contributed by atoms with Gasteiger partial charge in [-0.1, -0.05) is 56.3 Å². The van der Waals surface area contributed by atoms with E-state index < -0.39 is 0 Å². The van der Waals surface area contributed by atoms with E-state index in [1.807, 2.05) is 36.4 Å². The van der Waals surface area contributed by atoms with Gasteiger partial charge in [-0.2, -0.15) is 0 Å².